The minimum Gasteiger partial charge on any atom is -0.356 e. The van der Waals surface area contributed by atoms with Crippen LogP contribution in [0.15, 0.2) is 53.8 Å². The van der Waals surface area contributed by atoms with E-state index in [0.29, 0.717) is 0 Å². The second-order valence-corrected chi connectivity index (χ2v) is 4.46. The lowest BCUT2D eigenvalue weighted by Gasteiger charge is -2.11. The van der Waals surface area contributed by atoms with Crippen molar-refractivity contribution in [2.75, 3.05) is 13.6 Å². The Morgan fingerprint density at radius 3 is 2.75 bits per heavy atom. The highest BCUT2D eigenvalue weighted by Gasteiger charge is 1.97. The van der Waals surface area contributed by atoms with Crippen LogP contribution in [0.25, 0.3) is 0 Å². The monoisotopic (exact) mass is 271 g/mol. The van der Waals surface area contributed by atoms with Crippen molar-refractivity contribution in [1.82, 2.24) is 20.4 Å². The quantitative estimate of drug-likeness (QED) is 0.477. The zero-order valence-corrected chi connectivity index (χ0v) is 11.8. The SMILES string of the molecule is CN=C(NCCCn1cccn1)NCc1ccccc1. The van der Waals surface area contributed by atoms with Crippen molar-refractivity contribution in [3.8, 4) is 0 Å². The van der Waals surface area contributed by atoms with Crippen LogP contribution in [0.2, 0.25) is 0 Å². The molecule has 0 unspecified atom stereocenters. The summed E-state index contributed by atoms with van der Waals surface area (Å²) in [5.74, 6) is 0.828. The fourth-order valence-corrected chi connectivity index (χ4v) is 1.88. The highest BCUT2D eigenvalue weighted by molar-refractivity contribution is 5.79. The number of rotatable bonds is 6. The molecule has 0 bridgehead atoms. The summed E-state index contributed by atoms with van der Waals surface area (Å²) < 4.78 is 1.93. The molecule has 0 saturated heterocycles. The normalized spacial score (nSPS) is 11.3. The molecule has 5 heteroatoms. The van der Waals surface area contributed by atoms with Gasteiger partial charge in [0.05, 0.1) is 0 Å². The van der Waals surface area contributed by atoms with E-state index in [1.165, 1.54) is 5.56 Å². The van der Waals surface area contributed by atoms with Crippen molar-refractivity contribution < 1.29 is 0 Å². The van der Waals surface area contributed by atoms with E-state index < -0.39 is 0 Å². The zero-order valence-electron chi connectivity index (χ0n) is 11.8. The van der Waals surface area contributed by atoms with Gasteiger partial charge >= 0.3 is 0 Å². The van der Waals surface area contributed by atoms with Gasteiger partial charge in [-0.2, -0.15) is 5.10 Å². The number of hydrogen-bond acceptors (Lipinski definition) is 2. The van der Waals surface area contributed by atoms with Gasteiger partial charge in [0.25, 0.3) is 0 Å². The van der Waals surface area contributed by atoms with Gasteiger partial charge in [-0.25, -0.2) is 0 Å². The topological polar surface area (TPSA) is 54.2 Å². The first-order chi connectivity index (χ1) is 9.88. The van der Waals surface area contributed by atoms with Crippen molar-refractivity contribution in [2.45, 2.75) is 19.5 Å². The number of guanidine groups is 1. The first kappa shape index (κ1) is 14.1. The Balaban J connectivity index is 1.65. The highest BCUT2D eigenvalue weighted by atomic mass is 15.3. The van der Waals surface area contributed by atoms with Crippen LogP contribution in [-0.2, 0) is 13.1 Å². The molecule has 1 aromatic heterocycles. The number of hydrogen-bond donors (Lipinski definition) is 2. The summed E-state index contributed by atoms with van der Waals surface area (Å²) in [5, 5.41) is 10.8. The molecule has 0 spiro atoms. The van der Waals surface area contributed by atoms with Crippen LogP contribution in [0.3, 0.4) is 0 Å². The van der Waals surface area contributed by atoms with Crippen molar-refractivity contribution in [3.05, 3.63) is 54.4 Å². The maximum Gasteiger partial charge on any atom is 0.191 e. The first-order valence-electron chi connectivity index (χ1n) is 6.84. The maximum atomic E-state index is 4.21. The molecular formula is C15H21N5. The summed E-state index contributed by atoms with van der Waals surface area (Å²) in [6.07, 6.45) is 4.78. The number of aryl methyl sites for hydroxylation is 1. The van der Waals surface area contributed by atoms with Crippen molar-refractivity contribution in [3.63, 3.8) is 0 Å². The van der Waals surface area contributed by atoms with Crippen LogP contribution < -0.4 is 10.6 Å². The number of nitrogens with one attached hydrogen (secondary N) is 2. The molecule has 106 valence electrons. The first-order valence-corrected chi connectivity index (χ1v) is 6.84. The Morgan fingerprint density at radius 2 is 2.05 bits per heavy atom. The minimum absolute atomic E-state index is 0.777. The average molecular weight is 271 g/mol. The third-order valence-corrected chi connectivity index (χ3v) is 2.94. The Bertz CT molecular complexity index is 504. The van der Waals surface area contributed by atoms with E-state index in [1.54, 1.807) is 13.2 Å². The van der Waals surface area contributed by atoms with E-state index in [4.69, 9.17) is 0 Å². The molecule has 0 atom stereocenters. The van der Waals surface area contributed by atoms with Gasteiger partial charge in [0.2, 0.25) is 0 Å². The lowest BCUT2D eigenvalue weighted by molar-refractivity contribution is 0.570. The number of aliphatic imine (C=N–C) groups is 1. The fourth-order valence-electron chi connectivity index (χ4n) is 1.88. The third-order valence-electron chi connectivity index (χ3n) is 2.94. The van der Waals surface area contributed by atoms with Gasteiger partial charge < -0.3 is 10.6 Å². The van der Waals surface area contributed by atoms with Crippen molar-refractivity contribution in [2.24, 2.45) is 4.99 Å². The second kappa shape index (κ2) is 7.99. The number of benzene rings is 1. The van der Waals surface area contributed by atoms with E-state index in [9.17, 15) is 0 Å². The molecule has 1 heterocycles. The summed E-state index contributed by atoms with van der Waals surface area (Å²) in [5.41, 5.74) is 1.24. The molecule has 0 aliphatic heterocycles. The van der Waals surface area contributed by atoms with E-state index in [1.807, 2.05) is 35.1 Å². The third kappa shape index (κ3) is 4.76. The second-order valence-electron chi connectivity index (χ2n) is 4.46. The van der Waals surface area contributed by atoms with E-state index >= 15 is 0 Å². The van der Waals surface area contributed by atoms with Gasteiger partial charge in [0.15, 0.2) is 5.96 Å². The molecule has 0 aliphatic rings. The van der Waals surface area contributed by atoms with Crippen molar-refractivity contribution in [1.29, 1.82) is 0 Å². The Labute approximate surface area is 119 Å². The molecule has 0 fully saturated rings. The molecular weight excluding hydrogens is 250 g/mol. The van der Waals surface area contributed by atoms with E-state index in [-0.39, 0.29) is 0 Å². The molecule has 2 aromatic rings. The van der Waals surface area contributed by atoms with E-state index in [2.05, 4.69) is 32.9 Å². The summed E-state index contributed by atoms with van der Waals surface area (Å²) in [6, 6.07) is 12.2. The lowest BCUT2D eigenvalue weighted by Crippen LogP contribution is -2.37. The van der Waals surface area contributed by atoms with Gasteiger partial charge in [-0.3, -0.25) is 9.67 Å². The van der Waals surface area contributed by atoms with Crippen LogP contribution in [0.4, 0.5) is 0 Å². The standard InChI is InChI=1S/C15H21N5/c1-16-15(18-13-14-7-3-2-4-8-14)17-9-5-11-20-12-6-10-19-20/h2-4,6-8,10,12H,5,9,11,13H2,1H3,(H2,16,17,18). The summed E-state index contributed by atoms with van der Waals surface area (Å²) >= 11 is 0. The van der Waals surface area contributed by atoms with Crippen LogP contribution >= 0.6 is 0 Å². The summed E-state index contributed by atoms with van der Waals surface area (Å²) in [4.78, 5) is 4.21. The molecule has 1 aromatic carbocycles. The minimum atomic E-state index is 0.777. The summed E-state index contributed by atoms with van der Waals surface area (Å²) in [7, 11) is 1.79. The Morgan fingerprint density at radius 1 is 1.20 bits per heavy atom. The number of aromatic nitrogens is 2. The average Bonchev–Trinajstić information content (AvgIpc) is 3.01. The molecule has 0 amide bonds. The maximum absolute atomic E-state index is 4.21. The van der Waals surface area contributed by atoms with Crippen LogP contribution in [0.1, 0.15) is 12.0 Å². The van der Waals surface area contributed by atoms with Gasteiger partial charge in [-0.05, 0) is 18.1 Å². The lowest BCUT2D eigenvalue weighted by atomic mass is 10.2. The van der Waals surface area contributed by atoms with Gasteiger partial charge in [0, 0.05) is 39.1 Å². The van der Waals surface area contributed by atoms with Crippen LogP contribution in [0, 0.1) is 0 Å². The molecule has 0 aliphatic carbocycles. The summed E-state index contributed by atoms with van der Waals surface area (Å²) in [6.45, 7) is 2.56. The molecule has 0 radical (unpaired) electrons. The van der Waals surface area contributed by atoms with Crippen LogP contribution in [-0.4, -0.2) is 29.3 Å². The van der Waals surface area contributed by atoms with E-state index in [0.717, 1.165) is 32.0 Å². The van der Waals surface area contributed by atoms with Crippen LogP contribution in [0.5, 0.6) is 0 Å². The fraction of sp³-hybridized carbons (Fsp3) is 0.333. The highest BCUT2D eigenvalue weighted by Crippen LogP contribution is 1.96. The predicted molar refractivity (Wildman–Crippen MR) is 81.5 cm³/mol. The molecule has 2 N–H and O–H groups in total. The predicted octanol–water partition coefficient (Wildman–Crippen LogP) is 1.64. The molecule has 20 heavy (non-hydrogen) atoms. The van der Waals surface area contributed by atoms with Gasteiger partial charge in [-0.1, -0.05) is 30.3 Å². The Kier molecular flexibility index (Phi) is 5.64. The zero-order chi connectivity index (χ0) is 14.0. The number of nitrogens with zero attached hydrogens (tertiary/aromatic N) is 3. The van der Waals surface area contributed by atoms with Gasteiger partial charge in [0.1, 0.15) is 0 Å². The van der Waals surface area contributed by atoms with Crippen molar-refractivity contribution >= 4 is 5.96 Å². The largest absolute Gasteiger partial charge is 0.356 e. The van der Waals surface area contributed by atoms with Gasteiger partial charge in [-0.15, -0.1) is 0 Å². The smallest absolute Gasteiger partial charge is 0.191 e. The molecule has 0 saturated carbocycles. The Hall–Kier alpha value is -2.30. The molecule has 5 nitrogen and oxygen atoms in total. The molecule has 2 rings (SSSR count).